The summed E-state index contributed by atoms with van der Waals surface area (Å²) in [6, 6.07) is 11.8. The van der Waals surface area contributed by atoms with E-state index < -0.39 is 0 Å². The molecule has 0 saturated carbocycles. The minimum Gasteiger partial charge on any atom is -0.507 e. The van der Waals surface area contributed by atoms with E-state index in [1.807, 2.05) is 18.2 Å². The maximum absolute atomic E-state index is 10.2. The second kappa shape index (κ2) is 5.49. The summed E-state index contributed by atoms with van der Waals surface area (Å²) in [6.07, 6.45) is 2.47. The molecule has 0 radical (unpaired) electrons. The summed E-state index contributed by atoms with van der Waals surface area (Å²) in [5, 5.41) is 10.2. The van der Waals surface area contributed by atoms with Crippen molar-refractivity contribution in [3.05, 3.63) is 46.4 Å². The molecule has 0 aromatic heterocycles. The molecule has 1 aliphatic heterocycles. The Morgan fingerprint density at radius 1 is 1.00 bits per heavy atom. The van der Waals surface area contributed by atoms with Crippen molar-refractivity contribution in [2.75, 3.05) is 18.0 Å². The van der Waals surface area contributed by atoms with Gasteiger partial charge in [-0.05, 0) is 47.3 Å². The molecule has 3 rings (SSSR count). The van der Waals surface area contributed by atoms with Gasteiger partial charge in [-0.15, -0.1) is 0 Å². The van der Waals surface area contributed by atoms with Crippen molar-refractivity contribution in [2.45, 2.75) is 19.8 Å². The normalized spacial score (nSPS) is 14.8. The highest BCUT2D eigenvalue weighted by Crippen LogP contribution is 2.42. The van der Waals surface area contributed by atoms with Gasteiger partial charge < -0.3 is 10.0 Å². The molecule has 0 aliphatic carbocycles. The summed E-state index contributed by atoms with van der Waals surface area (Å²) in [7, 11) is 0. The summed E-state index contributed by atoms with van der Waals surface area (Å²) in [6.45, 7) is 4.28. The molecule has 0 bridgehead atoms. The SMILES string of the molecule is Cc1ccc(-c2ccccc2O)c(N2CCCC2)c1Br. The predicted octanol–water partition coefficient (Wildman–Crippen LogP) is 4.73. The number of hydrogen-bond donors (Lipinski definition) is 1. The molecule has 20 heavy (non-hydrogen) atoms. The summed E-state index contributed by atoms with van der Waals surface area (Å²) < 4.78 is 1.14. The maximum Gasteiger partial charge on any atom is 0.123 e. The highest BCUT2D eigenvalue weighted by Gasteiger charge is 2.21. The van der Waals surface area contributed by atoms with Gasteiger partial charge in [0, 0.05) is 28.7 Å². The van der Waals surface area contributed by atoms with Gasteiger partial charge in [-0.3, -0.25) is 0 Å². The lowest BCUT2D eigenvalue weighted by Crippen LogP contribution is -2.19. The molecule has 0 atom stereocenters. The molecule has 0 amide bonds. The van der Waals surface area contributed by atoms with Crippen molar-refractivity contribution in [1.29, 1.82) is 0 Å². The minimum absolute atomic E-state index is 0.337. The van der Waals surface area contributed by atoms with Crippen molar-refractivity contribution < 1.29 is 5.11 Å². The van der Waals surface area contributed by atoms with Crippen molar-refractivity contribution in [1.82, 2.24) is 0 Å². The van der Waals surface area contributed by atoms with Crippen molar-refractivity contribution in [3.63, 3.8) is 0 Å². The van der Waals surface area contributed by atoms with E-state index in [0.29, 0.717) is 5.75 Å². The fraction of sp³-hybridized carbons (Fsp3) is 0.294. The van der Waals surface area contributed by atoms with E-state index in [4.69, 9.17) is 0 Å². The topological polar surface area (TPSA) is 23.5 Å². The van der Waals surface area contributed by atoms with Crippen LogP contribution in [0.5, 0.6) is 5.75 Å². The molecule has 2 nitrogen and oxygen atoms in total. The molecule has 1 aliphatic rings. The van der Waals surface area contributed by atoms with E-state index in [-0.39, 0.29) is 0 Å². The summed E-state index contributed by atoms with van der Waals surface area (Å²) in [5.74, 6) is 0.337. The third kappa shape index (κ3) is 2.31. The number of para-hydroxylation sites is 1. The molecule has 0 unspecified atom stereocenters. The van der Waals surface area contributed by atoms with Gasteiger partial charge in [-0.2, -0.15) is 0 Å². The second-order valence-electron chi connectivity index (χ2n) is 5.30. The average molecular weight is 332 g/mol. The first-order valence-electron chi connectivity index (χ1n) is 7.01. The lowest BCUT2D eigenvalue weighted by molar-refractivity contribution is 0.477. The number of benzene rings is 2. The van der Waals surface area contributed by atoms with Gasteiger partial charge in [0.2, 0.25) is 0 Å². The van der Waals surface area contributed by atoms with Gasteiger partial charge in [0.1, 0.15) is 5.75 Å². The highest BCUT2D eigenvalue weighted by molar-refractivity contribution is 9.10. The van der Waals surface area contributed by atoms with Crippen LogP contribution in [0.25, 0.3) is 11.1 Å². The summed E-state index contributed by atoms with van der Waals surface area (Å²) >= 11 is 3.74. The van der Waals surface area contributed by atoms with Crippen LogP contribution in [0.15, 0.2) is 40.9 Å². The Bertz CT molecular complexity index is 633. The Labute approximate surface area is 128 Å². The number of halogens is 1. The number of rotatable bonds is 2. The van der Waals surface area contributed by atoms with Crippen LogP contribution in [0.2, 0.25) is 0 Å². The fourth-order valence-electron chi connectivity index (χ4n) is 2.83. The number of aryl methyl sites for hydroxylation is 1. The molecule has 104 valence electrons. The average Bonchev–Trinajstić information content (AvgIpc) is 2.96. The third-order valence-corrected chi connectivity index (χ3v) is 4.93. The van der Waals surface area contributed by atoms with Crippen molar-refractivity contribution in [3.8, 4) is 16.9 Å². The maximum atomic E-state index is 10.2. The minimum atomic E-state index is 0.337. The van der Waals surface area contributed by atoms with E-state index in [9.17, 15) is 5.11 Å². The van der Waals surface area contributed by atoms with Crippen LogP contribution < -0.4 is 4.90 Å². The third-order valence-electron chi connectivity index (χ3n) is 3.93. The zero-order valence-corrected chi connectivity index (χ0v) is 13.2. The van der Waals surface area contributed by atoms with Crippen LogP contribution in [-0.4, -0.2) is 18.2 Å². The first-order valence-corrected chi connectivity index (χ1v) is 7.80. The molecular weight excluding hydrogens is 314 g/mol. The van der Waals surface area contributed by atoms with Gasteiger partial charge >= 0.3 is 0 Å². The molecule has 1 N–H and O–H groups in total. The predicted molar refractivity (Wildman–Crippen MR) is 87.4 cm³/mol. The van der Waals surface area contributed by atoms with Gasteiger partial charge in [0.15, 0.2) is 0 Å². The zero-order valence-electron chi connectivity index (χ0n) is 11.6. The number of nitrogens with zero attached hydrogens (tertiary/aromatic N) is 1. The monoisotopic (exact) mass is 331 g/mol. The molecule has 1 fully saturated rings. The zero-order chi connectivity index (χ0) is 14.1. The Morgan fingerprint density at radius 3 is 2.40 bits per heavy atom. The summed E-state index contributed by atoms with van der Waals surface area (Å²) in [4.78, 5) is 2.42. The van der Waals surface area contributed by atoms with Gasteiger partial charge in [-0.25, -0.2) is 0 Å². The first-order chi connectivity index (χ1) is 9.68. The van der Waals surface area contributed by atoms with Crippen molar-refractivity contribution in [2.24, 2.45) is 0 Å². The lowest BCUT2D eigenvalue weighted by atomic mass is 10.00. The van der Waals surface area contributed by atoms with Gasteiger partial charge in [-0.1, -0.05) is 30.3 Å². The summed E-state index contributed by atoms with van der Waals surface area (Å²) in [5.41, 5.74) is 4.44. The standard InChI is InChI=1S/C17H18BrNO/c1-12-8-9-14(13-6-2-3-7-15(13)20)17(16(12)18)19-10-4-5-11-19/h2-3,6-9,20H,4-5,10-11H2,1H3. The van der Waals surface area contributed by atoms with E-state index in [0.717, 1.165) is 28.7 Å². The van der Waals surface area contributed by atoms with E-state index in [1.165, 1.54) is 24.1 Å². The quantitative estimate of drug-likeness (QED) is 0.859. The fourth-order valence-corrected chi connectivity index (χ4v) is 3.43. The van der Waals surface area contributed by atoms with E-state index in [2.05, 4.69) is 39.9 Å². The number of aromatic hydroxyl groups is 1. The first kappa shape index (κ1) is 13.5. The number of phenols is 1. The van der Waals surface area contributed by atoms with Crippen LogP contribution in [0.3, 0.4) is 0 Å². The number of hydrogen-bond acceptors (Lipinski definition) is 2. The van der Waals surface area contributed by atoms with E-state index >= 15 is 0 Å². The van der Waals surface area contributed by atoms with Crippen LogP contribution in [0, 0.1) is 6.92 Å². The lowest BCUT2D eigenvalue weighted by Gasteiger charge is -2.24. The highest BCUT2D eigenvalue weighted by atomic mass is 79.9. The molecule has 1 heterocycles. The van der Waals surface area contributed by atoms with Gasteiger partial charge in [0.25, 0.3) is 0 Å². The second-order valence-corrected chi connectivity index (χ2v) is 6.10. The number of anilines is 1. The Morgan fingerprint density at radius 2 is 1.70 bits per heavy atom. The Kier molecular flexibility index (Phi) is 3.70. The van der Waals surface area contributed by atoms with E-state index in [1.54, 1.807) is 6.07 Å². The molecule has 0 spiro atoms. The molecular formula is C17H18BrNO. The largest absolute Gasteiger partial charge is 0.507 e. The Balaban J connectivity index is 2.20. The molecule has 2 aromatic rings. The Hall–Kier alpha value is -1.48. The molecule has 1 saturated heterocycles. The van der Waals surface area contributed by atoms with Crippen LogP contribution >= 0.6 is 15.9 Å². The van der Waals surface area contributed by atoms with Crippen LogP contribution in [-0.2, 0) is 0 Å². The van der Waals surface area contributed by atoms with Crippen molar-refractivity contribution >= 4 is 21.6 Å². The number of phenolic OH excluding ortho intramolecular Hbond substituents is 1. The van der Waals surface area contributed by atoms with Gasteiger partial charge in [0.05, 0.1) is 5.69 Å². The smallest absolute Gasteiger partial charge is 0.123 e. The van der Waals surface area contributed by atoms with Crippen LogP contribution in [0.4, 0.5) is 5.69 Å². The molecule has 2 aromatic carbocycles. The van der Waals surface area contributed by atoms with Crippen LogP contribution in [0.1, 0.15) is 18.4 Å². The molecule has 3 heteroatoms.